The lowest BCUT2D eigenvalue weighted by atomic mass is 10.3. The molecule has 1 aromatic heterocycles. The van der Waals surface area contributed by atoms with Crippen LogP contribution in [0.5, 0.6) is 0 Å². The molecule has 1 amide bonds. The highest BCUT2D eigenvalue weighted by Gasteiger charge is 2.15. The number of carbonyl (C=O) groups is 1. The zero-order chi connectivity index (χ0) is 11.4. The zero-order valence-corrected chi connectivity index (χ0v) is 8.70. The van der Waals surface area contributed by atoms with E-state index in [-0.39, 0.29) is 24.8 Å². The van der Waals surface area contributed by atoms with Gasteiger partial charge in [-0.3, -0.25) is 9.69 Å². The van der Waals surface area contributed by atoms with E-state index >= 15 is 0 Å². The summed E-state index contributed by atoms with van der Waals surface area (Å²) in [5.74, 6) is -0.921. The monoisotopic (exact) mass is 212 g/mol. The molecule has 1 rings (SSSR count). The minimum absolute atomic E-state index is 0.0148. The van der Waals surface area contributed by atoms with Gasteiger partial charge in [0.1, 0.15) is 0 Å². The molecule has 1 aromatic rings. The number of hydrogen-bond acceptors (Lipinski definition) is 3. The maximum Gasteiger partial charge on any atom is 0.230 e. The molecule has 0 saturated carbocycles. The first-order chi connectivity index (χ1) is 7.06. The highest BCUT2D eigenvalue weighted by Crippen LogP contribution is 2.15. The van der Waals surface area contributed by atoms with Gasteiger partial charge in [0.25, 0.3) is 0 Å². The number of aryl methyl sites for hydroxylation is 1. The Morgan fingerprint density at radius 1 is 1.67 bits per heavy atom. The van der Waals surface area contributed by atoms with E-state index in [1.807, 2.05) is 0 Å². The van der Waals surface area contributed by atoms with Crippen LogP contribution in [0.25, 0.3) is 0 Å². The summed E-state index contributed by atoms with van der Waals surface area (Å²) in [7, 11) is 1.43. The van der Waals surface area contributed by atoms with Crippen LogP contribution in [0.4, 0.5) is 10.2 Å². The highest BCUT2D eigenvalue weighted by molar-refractivity contribution is 5.91. The van der Waals surface area contributed by atoms with Crippen LogP contribution in [0.2, 0.25) is 0 Å². The molecule has 1 N–H and O–H groups in total. The summed E-state index contributed by atoms with van der Waals surface area (Å²) in [6.07, 6.45) is 1.45. The largest absolute Gasteiger partial charge is 0.396 e. The smallest absolute Gasteiger partial charge is 0.230 e. The van der Waals surface area contributed by atoms with Crippen molar-refractivity contribution in [1.82, 2.24) is 4.98 Å². The maximum absolute atomic E-state index is 13.4. The fraction of sp³-hybridized carbons (Fsp3) is 0.400. The molecule has 0 fully saturated rings. The second kappa shape index (κ2) is 4.84. The molecule has 0 spiro atoms. The van der Waals surface area contributed by atoms with E-state index in [2.05, 4.69) is 4.98 Å². The van der Waals surface area contributed by atoms with Crippen molar-refractivity contribution in [3.8, 4) is 0 Å². The number of amides is 1. The van der Waals surface area contributed by atoms with Crippen LogP contribution in [-0.4, -0.2) is 29.7 Å². The number of aromatic nitrogens is 1. The number of aliphatic hydroxyl groups is 1. The Bertz CT molecular complexity index is 368. The molecular weight excluding hydrogens is 199 g/mol. The van der Waals surface area contributed by atoms with E-state index in [4.69, 9.17) is 5.11 Å². The van der Waals surface area contributed by atoms with E-state index in [9.17, 15) is 9.18 Å². The SMILES string of the molecule is Cc1cnc(N(C)C(=O)CCO)c(F)c1. The molecule has 0 aromatic carbocycles. The predicted molar refractivity (Wildman–Crippen MR) is 54.0 cm³/mol. The van der Waals surface area contributed by atoms with Crippen molar-refractivity contribution < 1.29 is 14.3 Å². The van der Waals surface area contributed by atoms with Crippen molar-refractivity contribution in [1.29, 1.82) is 0 Å². The third kappa shape index (κ3) is 2.73. The van der Waals surface area contributed by atoms with Gasteiger partial charge in [0.05, 0.1) is 13.0 Å². The van der Waals surface area contributed by atoms with Crippen molar-refractivity contribution in [2.24, 2.45) is 0 Å². The topological polar surface area (TPSA) is 53.4 Å². The third-order valence-corrected chi connectivity index (χ3v) is 1.98. The standard InChI is InChI=1S/C10H13FN2O2/c1-7-5-8(11)10(12-6-7)13(2)9(15)3-4-14/h5-6,14H,3-4H2,1-2H3. The van der Waals surface area contributed by atoms with E-state index in [1.54, 1.807) is 6.92 Å². The molecular formula is C10H13FN2O2. The van der Waals surface area contributed by atoms with Gasteiger partial charge in [0.15, 0.2) is 11.6 Å². The maximum atomic E-state index is 13.4. The summed E-state index contributed by atoms with van der Waals surface area (Å²) in [6, 6.07) is 1.31. The molecule has 0 radical (unpaired) electrons. The van der Waals surface area contributed by atoms with Gasteiger partial charge in [-0.1, -0.05) is 0 Å². The van der Waals surface area contributed by atoms with Crippen LogP contribution in [0, 0.1) is 12.7 Å². The number of pyridine rings is 1. The second-order valence-electron chi connectivity index (χ2n) is 3.24. The lowest BCUT2D eigenvalue weighted by Gasteiger charge is -2.16. The summed E-state index contributed by atoms with van der Waals surface area (Å²) >= 11 is 0. The first-order valence-corrected chi connectivity index (χ1v) is 4.56. The third-order valence-electron chi connectivity index (χ3n) is 1.98. The molecule has 0 aliphatic heterocycles. The first kappa shape index (κ1) is 11.6. The van der Waals surface area contributed by atoms with Gasteiger partial charge < -0.3 is 5.11 Å². The Morgan fingerprint density at radius 2 is 2.33 bits per heavy atom. The number of halogens is 1. The van der Waals surface area contributed by atoms with Gasteiger partial charge >= 0.3 is 0 Å². The molecule has 0 saturated heterocycles. The van der Waals surface area contributed by atoms with Crippen LogP contribution in [0.3, 0.4) is 0 Å². The van der Waals surface area contributed by atoms with Crippen molar-refractivity contribution in [3.63, 3.8) is 0 Å². The average molecular weight is 212 g/mol. The molecule has 5 heteroatoms. The molecule has 0 unspecified atom stereocenters. The van der Waals surface area contributed by atoms with Crippen LogP contribution < -0.4 is 4.90 Å². The minimum atomic E-state index is -0.538. The average Bonchev–Trinajstić information content (AvgIpc) is 2.17. The van der Waals surface area contributed by atoms with E-state index in [0.29, 0.717) is 5.56 Å². The van der Waals surface area contributed by atoms with Crippen LogP contribution in [0.1, 0.15) is 12.0 Å². The molecule has 82 valence electrons. The number of rotatable bonds is 3. The molecule has 0 atom stereocenters. The quantitative estimate of drug-likeness (QED) is 0.809. The molecule has 0 aliphatic rings. The van der Waals surface area contributed by atoms with Crippen molar-refractivity contribution in [2.45, 2.75) is 13.3 Å². The molecule has 4 nitrogen and oxygen atoms in total. The summed E-state index contributed by atoms with van der Waals surface area (Å²) < 4.78 is 13.4. The van der Waals surface area contributed by atoms with E-state index < -0.39 is 5.82 Å². The fourth-order valence-electron chi connectivity index (χ4n) is 1.15. The number of nitrogens with zero attached hydrogens (tertiary/aromatic N) is 2. The van der Waals surface area contributed by atoms with Gasteiger partial charge in [-0.05, 0) is 18.6 Å². The van der Waals surface area contributed by atoms with Crippen molar-refractivity contribution in [3.05, 3.63) is 23.6 Å². The highest BCUT2D eigenvalue weighted by atomic mass is 19.1. The van der Waals surface area contributed by atoms with Gasteiger partial charge in [0.2, 0.25) is 5.91 Å². The normalized spacial score (nSPS) is 10.1. The Balaban J connectivity index is 2.91. The summed E-state index contributed by atoms with van der Waals surface area (Å²) in [5.41, 5.74) is 0.694. The Kier molecular flexibility index (Phi) is 3.74. The van der Waals surface area contributed by atoms with E-state index in [1.165, 1.54) is 19.3 Å². The summed E-state index contributed by atoms with van der Waals surface area (Å²) in [6.45, 7) is 1.46. The summed E-state index contributed by atoms with van der Waals surface area (Å²) in [4.78, 5) is 16.3. The molecule has 1 heterocycles. The first-order valence-electron chi connectivity index (χ1n) is 4.56. The Hall–Kier alpha value is -1.49. The van der Waals surface area contributed by atoms with E-state index in [0.717, 1.165) is 4.90 Å². The predicted octanol–water partition coefficient (Wildman–Crippen LogP) is 0.874. The Morgan fingerprint density at radius 3 is 2.87 bits per heavy atom. The lowest BCUT2D eigenvalue weighted by molar-refractivity contribution is -0.119. The fourth-order valence-corrected chi connectivity index (χ4v) is 1.15. The number of aliphatic hydroxyl groups excluding tert-OH is 1. The van der Waals surface area contributed by atoms with Gasteiger partial charge in [0, 0.05) is 13.2 Å². The van der Waals surface area contributed by atoms with Gasteiger partial charge in [-0.25, -0.2) is 9.37 Å². The van der Waals surface area contributed by atoms with Crippen LogP contribution in [0.15, 0.2) is 12.3 Å². The minimum Gasteiger partial charge on any atom is -0.396 e. The zero-order valence-electron chi connectivity index (χ0n) is 8.70. The lowest BCUT2D eigenvalue weighted by Crippen LogP contribution is -2.28. The van der Waals surface area contributed by atoms with Gasteiger partial charge in [-0.2, -0.15) is 0 Å². The molecule has 0 bridgehead atoms. The van der Waals surface area contributed by atoms with Gasteiger partial charge in [-0.15, -0.1) is 0 Å². The van der Waals surface area contributed by atoms with Crippen LogP contribution >= 0.6 is 0 Å². The molecule has 0 aliphatic carbocycles. The van der Waals surface area contributed by atoms with Crippen LogP contribution in [-0.2, 0) is 4.79 Å². The van der Waals surface area contributed by atoms with Crippen molar-refractivity contribution in [2.75, 3.05) is 18.6 Å². The summed E-state index contributed by atoms with van der Waals surface area (Å²) in [5, 5.41) is 8.58. The number of carbonyl (C=O) groups excluding carboxylic acids is 1. The number of hydrogen-bond donors (Lipinski definition) is 1. The van der Waals surface area contributed by atoms with Crippen molar-refractivity contribution >= 4 is 11.7 Å². The molecule has 15 heavy (non-hydrogen) atoms. The number of anilines is 1. The second-order valence-corrected chi connectivity index (χ2v) is 3.24. The Labute approximate surface area is 87.4 Å².